The molecule has 2 heteroatoms. The van der Waals surface area contributed by atoms with Gasteiger partial charge in [0.15, 0.2) is 0 Å². The maximum Gasteiger partial charge on any atom is 0.0990 e. The van der Waals surface area contributed by atoms with Crippen LogP contribution < -0.4 is 5.32 Å². The van der Waals surface area contributed by atoms with E-state index in [1.165, 1.54) is 11.3 Å². The molecule has 0 aromatic heterocycles. The smallest absolute Gasteiger partial charge is 0.0990 e. The second kappa shape index (κ2) is 3.70. The Morgan fingerprint density at radius 1 is 1.27 bits per heavy atom. The largest absolute Gasteiger partial charge is 0.374 e. The standard InChI is InChI=1S/C13H13NO/c1-2-6-12-10(5-1)11(9-14-12)13-7-3-4-8-15-13/h1-6,11,13-14H,7-8H2. The molecule has 3 rings (SSSR count). The van der Waals surface area contributed by atoms with Gasteiger partial charge in [0.05, 0.1) is 19.3 Å². The third-order valence-corrected chi connectivity index (χ3v) is 2.97. The lowest BCUT2D eigenvalue weighted by Gasteiger charge is -2.24. The van der Waals surface area contributed by atoms with Crippen molar-refractivity contribution in [1.29, 1.82) is 0 Å². The second-order valence-electron chi connectivity index (χ2n) is 3.91. The SMILES string of the molecule is [C]1Nc2ccccc2C1C1CC=CCO1. The third-order valence-electron chi connectivity index (χ3n) is 2.97. The maximum atomic E-state index is 5.73. The molecule has 76 valence electrons. The molecule has 0 saturated carbocycles. The molecular formula is C13H13NO. The molecule has 2 aliphatic heterocycles. The van der Waals surface area contributed by atoms with Crippen LogP contribution in [0.4, 0.5) is 5.69 Å². The molecule has 2 radical (unpaired) electrons. The van der Waals surface area contributed by atoms with Gasteiger partial charge in [-0.1, -0.05) is 30.4 Å². The first-order valence-corrected chi connectivity index (χ1v) is 5.32. The molecular weight excluding hydrogens is 186 g/mol. The summed E-state index contributed by atoms with van der Waals surface area (Å²) in [4.78, 5) is 0. The Balaban J connectivity index is 1.87. The summed E-state index contributed by atoms with van der Waals surface area (Å²) >= 11 is 0. The summed E-state index contributed by atoms with van der Waals surface area (Å²) in [5.74, 6) is 0.270. The fourth-order valence-electron chi connectivity index (χ4n) is 2.19. The lowest BCUT2D eigenvalue weighted by atomic mass is 9.92. The molecule has 1 aromatic carbocycles. The van der Waals surface area contributed by atoms with Crippen molar-refractivity contribution in [3.63, 3.8) is 0 Å². The van der Waals surface area contributed by atoms with Crippen LogP contribution in [0.1, 0.15) is 17.9 Å². The molecule has 0 saturated heterocycles. The quantitative estimate of drug-likeness (QED) is 0.702. The van der Waals surface area contributed by atoms with Gasteiger partial charge in [-0.3, -0.25) is 0 Å². The van der Waals surface area contributed by atoms with Crippen LogP contribution in [0.3, 0.4) is 0 Å². The number of fused-ring (bicyclic) bond motifs is 1. The van der Waals surface area contributed by atoms with Crippen LogP contribution in [0.5, 0.6) is 0 Å². The number of hydrogen-bond acceptors (Lipinski definition) is 2. The summed E-state index contributed by atoms with van der Waals surface area (Å²) in [6, 6.07) is 8.34. The highest BCUT2D eigenvalue weighted by atomic mass is 16.5. The molecule has 2 nitrogen and oxygen atoms in total. The number of rotatable bonds is 1. The zero-order valence-electron chi connectivity index (χ0n) is 8.44. The van der Waals surface area contributed by atoms with Gasteiger partial charge in [0.25, 0.3) is 0 Å². The van der Waals surface area contributed by atoms with Gasteiger partial charge in [-0.2, -0.15) is 0 Å². The fourth-order valence-corrected chi connectivity index (χ4v) is 2.19. The van der Waals surface area contributed by atoms with Crippen molar-refractivity contribution < 1.29 is 4.74 Å². The number of para-hydroxylation sites is 1. The van der Waals surface area contributed by atoms with E-state index in [0.29, 0.717) is 0 Å². The van der Waals surface area contributed by atoms with Crippen LogP contribution in [0, 0.1) is 6.54 Å². The highest BCUT2D eigenvalue weighted by Gasteiger charge is 2.31. The van der Waals surface area contributed by atoms with E-state index in [0.717, 1.165) is 13.0 Å². The number of ether oxygens (including phenoxy) is 1. The highest BCUT2D eigenvalue weighted by Crippen LogP contribution is 2.38. The normalized spacial score (nSPS) is 28.5. The fraction of sp³-hybridized carbons (Fsp3) is 0.308. The van der Waals surface area contributed by atoms with Crippen molar-refractivity contribution in [2.75, 3.05) is 11.9 Å². The molecule has 1 N–H and O–H groups in total. The summed E-state index contributed by atoms with van der Waals surface area (Å²) in [7, 11) is 0. The molecule has 0 spiro atoms. The van der Waals surface area contributed by atoms with Crippen molar-refractivity contribution >= 4 is 5.69 Å². The molecule has 0 aliphatic carbocycles. The Labute approximate surface area is 89.9 Å². The Kier molecular flexibility index (Phi) is 2.22. The third kappa shape index (κ3) is 1.55. The van der Waals surface area contributed by atoms with Crippen LogP contribution in [0.2, 0.25) is 0 Å². The first kappa shape index (κ1) is 8.98. The number of anilines is 1. The number of benzene rings is 1. The monoisotopic (exact) mass is 199 g/mol. The minimum absolute atomic E-state index is 0.242. The van der Waals surface area contributed by atoms with Crippen molar-refractivity contribution in [2.24, 2.45) is 0 Å². The van der Waals surface area contributed by atoms with E-state index >= 15 is 0 Å². The van der Waals surface area contributed by atoms with Crippen LogP contribution in [0.15, 0.2) is 36.4 Å². The van der Waals surface area contributed by atoms with E-state index in [1.54, 1.807) is 0 Å². The summed E-state index contributed by atoms with van der Waals surface area (Å²) < 4.78 is 5.73. The van der Waals surface area contributed by atoms with Gasteiger partial charge < -0.3 is 10.1 Å². The molecule has 2 aliphatic rings. The van der Waals surface area contributed by atoms with Crippen molar-refractivity contribution in [3.05, 3.63) is 48.5 Å². The second-order valence-corrected chi connectivity index (χ2v) is 3.91. The van der Waals surface area contributed by atoms with Gasteiger partial charge in [0, 0.05) is 11.6 Å². The number of nitrogens with one attached hydrogen (secondary N) is 1. The molecule has 15 heavy (non-hydrogen) atoms. The van der Waals surface area contributed by atoms with E-state index < -0.39 is 0 Å². The van der Waals surface area contributed by atoms with E-state index in [9.17, 15) is 0 Å². The lowest BCUT2D eigenvalue weighted by molar-refractivity contribution is 0.0559. The summed E-state index contributed by atoms with van der Waals surface area (Å²) in [5, 5.41) is 3.19. The number of hydrogen-bond donors (Lipinski definition) is 1. The van der Waals surface area contributed by atoms with E-state index in [-0.39, 0.29) is 12.0 Å². The summed E-state index contributed by atoms with van der Waals surface area (Å²) in [6.07, 6.45) is 5.49. The molecule has 1 aromatic rings. The molecule has 0 fully saturated rings. The molecule has 2 unspecified atom stereocenters. The van der Waals surface area contributed by atoms with Gasteiger partial charge in [-0.05, 0) is 18.1 Å². The van der Waals surface area contributed by atoms with E-state index in [2.05, 4.69) is 42.2 Å². The predicted molar refractivity (Wildman–Crippen MR) is 59.5 cm³/mol. The average molecular weight is 199 g/mol. The Morgan fingerprint density at radius 2 is 2.20 bits per heavy atom. The van der Waals surface area contributed by atoms with Gasteiger partial charge in [0.1, 0.15) is 0 Å². The molecule has 2 heterocycles. The Hall–Kier alpha value is -1.28. The summed E-state index contributed by atoms with van der Waals surface area (Å²) in [5.41, 5.74) is 2.47. The van der Waals surface area contributed by atoms with Gasteiger partial charge >= 0.3 is 0 Å². The maximum absolute atomic E-state index is 5.73. The molecule has 0 bridgehead atoms. The lowest BCUT2D eigenvalue weighted by Crippen LogP contribution is -2.23. The first-order chi connectivity index (χ1) is 7.45. The zero-order chi connectivity index (χ0) is 10.1. The van der Waals surface area contributed by atoms with Crippen LogP contribution in [-0.4, -0.2) is 12.7 Å². The molecule has 2 atom stereocenters. The zero-order valence-corrected chi connectivity index (χ0v) is 8.44. The summed E-state index contributed by atoms with van der Waals surface area (Å²) in [6.45, 7) is 4.01. The van der Waals surface area contributed by atoms with Crippen LogP contribution >= 0.6 is 0 Å². The van der Waals surface area contributed by atoms with E-state index in [4.69, 9.17) is 4.74 Å². The average Bonchev–Trinajstić information content (AvgIpc) is 2.74. The minimum Gasteiger partial charge on any atom is -0.374 e. The first-order valence-electron chi connectivity index (χ1n) is 5.32. The van der Waals surface area contributed by atoms with Gasteiger partial charge in [-0.15, -0.1) is 0 Å². The Bertz CT molecular complexity index is 386. The topological polar surface area (TPSA) is 21.3 Å². The van der Waals surface area contributed by atoms with E-state index in [1.807, 2.05) is 6.07 Å². The van der Waals surface area contributed by atoms with Gasteiger partial charge in [-0.25, -0.2) is 0 Å². The van der Waals surface area contributed by atoms with Crippen LogP contribution in [-0.2, 0) is 4.74 Å². The van der Waals surface area contributed by atoms with Crippen molar-refractivity contribution in [3.8, 4) is 0 Å². The minimum atomic E-state index is 0.242. The van der Waals surface area contributed by atoms with Gasteiger partial charge in [0.2, 0.25) is 0 Å². The van der Waals surface area contributed by atoms with Crippen LogP contribution in [0.25, 0.3) is 0 Å². The highest BCUT2D eigenvalue weighted by molar-refractivity contribution is 5.60. The van der Waals surface area contributed by atoms with Crippen molar-refractivity contribution in [2.45, 2.75) is 18.4 Å². The predicted octanol–water partition coefficient (Wildman–Crippen LogP) is 2.58. The Morgan fingerprint density at radius 3 is 3.07 bits per heavy atom. The van der Waals surface area contributed by atoms with Crippen molar-refractivity contribution in [1.82, 2.24) is 0 Å². The molecule has 0 amide bonds.